The lowest BCUT2D eigenvalue weighted by Gasteiger charge is -2.13. The molecule has 12 heteroatoms. The molecule has 7 rings (SSSR count). The maximum atomic E-state index is 13.2. The van der Waals surface area contributed by atoms with E-state index in [0.29, 0.717) is 44.6 Å². The largest absolute Gasteiger partial charge is 0.505 e. The number of carbonyl (C=O) groups excluding carboxylic acids is 2. The van der Waals surface area contributed by atoms with Crippen LogP contribution in [0.1, 0.15) is 43.0 Å². The van der Waals surface area contributed by atoms with Gasteiger partial charge in [0.1, 0.15) is 44.9 Å². The van der Waals surface area contributed by atoms with Crippen LogP contribution >= 0.6 is 0 Å². The van der Waals surface area contributed by atoms with Crippen LogP contribution in [0.25, 0.3) is 33.4 Å². The molecule has 0 aliphatic rings. The topological polar surface area (TPSA) is 160 Å². The number of nitrogens with one attached hydrogen (secondary N) is 2. The van der Waals surface area contributed by atoms with Crippen LogP contribution in [-0.4, -0.2) is 52.0 Å². The second-order valence-corrected chi connectivity index (χ2v) is 11.5. The number of aromatic nitrogens is 6. The van der Waals surface area contributed by atoms with E-state index < -0.39 is 11.8 Å². The highest BCUT2D eigenvalue weighted by atomic mass is 16.3. The van der Waals surface area contributed by atoms with Gasteiger partial charge in [-0.05, 0) is 79.6 Å². The molecular weight excluding hydrogens is 608 g/mol. The first-order chi connectivity index (χ1) is 23.2. The summed E-state index contributed by atoms with van der Waals surface area (Å²) in [5.74, 6) is -0.938. The molecule has 0 radical (unpaired) electrons. The summed E-state index contributed by atoms with van der Waals surface area (Å²) in [6.45, 7) is 3.83. The van der Waals surface area contributed by atoms with Gasteiger partial charge >= 0.3 is 0 Å². The van der Waals surface area contributed by atoms with Crippen LogP contribution in [0, 0.1) is 13.8 Å². The summed E-state index contributed by atoms with van der Waals surface area (Å²) >= 11 is 0. The number of carbonyl (C=O) groups is 2. The van der Waals surface area contributed by atoms with E-state index in [-0.39, 0.29) is 35.7 Å². The molecule has 238 valence electrons. The summed E-state index contributed by atoms with van der Waals surface area (Å²) < 4.78 is 0. The Kier molecular flexibility index (Phi) is 7.73. The number of phenols is 2. The van der Waals surface area contributed by atoms with Gasteiger partial charge in [-0.1, -0.05) is 42.5 Å². The van der Waals surface area contributed by atoms with Crippen molar-refractivity contribution >= 4 is 33.9 Å². The molecule has 2 aromatic heterocycles. The Balaban J connectivity index is 1.04. The molecule has 0 saturated heterocycles. The zero-order chi connectivity index (χ0) is 33.4. The maximum absolute atomic E-state index is 13.2. The Morgan fingerprint density at radius 2 is 0.938 bits per heavy atom. The third kappa shape index (κ3) is 5.89. The van der Waals surface area contributed by atoms with Crippen molar-refractivity contribution in [3.05, 3.63) is 130 Å². The van der Waals surface area contributed by atoms with Crippen molar-refractivity contribution in [2.45, 2.75) is 26.9 Å². The van der Waals surface area contributed by atoms with E-state index >= 15 is 0 Å². The van der Waals surface area contributed by atoms with E-state index in [1.807, 2.05) is 62.4 Å². The summed E-state index contributed by atoms with van der Waals surface area (Å²) in [4.78, 5) is 29.1. The van der Waals surface area contributed by atoms with Crippen molar-refractivity contribution in [3.8, 4) is 22.9 Å². The number of hydrogen-bond donors (Lipinski definition) is 4. The van der Waals surface area contributed by atoms with Gasteiger partial charge in [-0.25, -0.2) is 0 Å². The van der Waals surface area contributed by atoms with Gasteiger partial charge < -0.3 is 20.8 Å². The first kappa shape index (κ1) is 30.1. The van der Waals surface area contributed by atoms with Gasteiger partial charge in [0.2, 0.25) is 0 Å². The summed E-state index contributed by atoms with van der Waals surface area (Å²) in [6.07, 6.45) is 0. The molecule has 2 amide bonds. The Labute approximate surface area is 274 Å². The first-order valence-electron chi connectivity index (χ1n) is 15.2. The summed E-state index contributed by atoms with van der Waals surface area (Å²) in [5, 5.41) is 45.6. The van der Waals surface area contributed by atoms with E-state index in [0.717, 1.165) is 11.1 Å². The Morgan fingerprint density at radius 3 is 1.31 bits per heavy atom. The molecule has 0 unspecified atom stereocenters. The minimum atomic E-state index is -0.421. The Morgan fingerprint density at radius 1 is 0.562 bits per heavy atom. The summed E-state index contributed by atoms with van der Waals surface area (Å²) in [7, 11) is 0. The molecule has 0 bridgehead atoms. The van der Waals surface area contributed by atoms with E-state index in [1.165, 1.54) is 15.7 Å². The smallest absolute Gasteiger partial charge is 0.251 e. The Hall–Kier alpha value is -6.56. The fourth-order valence-corrected chi connectivity index (χ4v) is 5.53. The van der Waals surface area contributed by atoms with Crippen LogP contribution in [0.4, 0.5) is 0 Å². The number of phenolic OH excluding ortho intramolecular Hbond substituents is 2. The molecule has 0 saturated carbocycles. The molecule has 0 atom stereocenters. The Bertz CT molecular complexity index is 2130. The van der Waals surface area contributed by atoms with Gasteiger partial charge in [0.25, 0.3) is 11.8 Å². The second-order valence-electron chi connectivity index (χ2n) is 11.5. The lowest BCUT2D eigenvalue weighted by atomic mass is 10.1. The zero-order valence-corrected chi connectivity index (χ0v) is 26.0. The van der Waals surface area contributed by atoms with Crippen LogP contribution in [0.3, 0.4) is 0 Å². The van der Waals surface area contributed by atoms with Gasteiger partial charge in [-0.15, -0.1) is 30.0 Å². The highest BCUT2D eigenvalue weighted by Gasteiger charge is 2.18. The quantitative estimate of drug-likeness (QED) is 0.180. The fraction of sp³-hybridized carbons (Fsp3) is 0.111. The molecule has 48 heavy (non-hydrogen) atoms. The number of hydrogen-bond acceptors (Lipinski definition) is 8. The number of aromatic hydroxyl groups is 2. The van der Waals surface area contributed by atoms with E-state index in [1.54, 1.807) is 42.5 Å². The summed E-state index contributed by atoms with van der Waals surface area (Å²) in [6, 6.07) is 28.2. The molecule has 0 fully saturated rings. The van der Waals surface area contributed by atoms with E-state index in [2.05, 4.69) is 31.0 Å². The average molecular weight is 639 g/mol. The maximum Gasteiger partial charge on any atom is 0.251 e. The lowest BCUT2D eigenvalue weighted by molar-refractivity contribution is 0.0950. The van der Waals surface area contributed by atoms with Crippen LogP contribution in [-0.2, 0) is 13.1 Å². The third-order valence-electron chi connectivity index (χ3n) is 7.90. The van der Waals surface area contributed by atoms with Crippen molar-refractivity contribution < 1.29 is 19.8 Å². The van der Waals surface area contributed by atoms with Gasteiger partial charge in [0.05, 0.1) is 0 Å². The average Bonchev–Trinajstić information content (AvgIpc) is 3.73. The third-order valence-corrected chi connectivity index (χ3v) is 7.90. The molecule has 0 aliphatic carbocycles. The molecule has 12 nitrogen and oxygen atoms in total. The SMILES string of the molecule is Cc1cc(CNC(=O)c2cccc(C(=O)NCc3cc(C)cc(-n4nc5ccccc5n4)c3O)c2)c(O)c(-n2nc3ccccc3n2)c1. The minimum Gasteiger partial charge on any atom is -0.505 e. The standard InChI is InChI=1S/C36H30N8O4/c1-21-14-25(33(45)31(16-21)43-39-27-10-3-4-11-28(27)40-43)19-37-35(47)23-8-7-9-24(18-23)36(48)38-20-26-15-22(2)17-32(34(26)46)44-41-29-12-5-6-13-30(29)42-44/h3-18,45-46H,19-20H2,1-2H3,(H,37,47)(H,38,48). The van der Waals surface area contributed by atoms with E-state index in [4.69, 9.17) is 0 Å². The summed E-state index contributed by atoms with van der Waals surface area (Å²) in [5.41, 5.74) is 6.80. The van der Waals surface area contributed by atoms with Crippen LogP contribution in [0.15, 0.2) is 97.1 Å². The molecule has 5 aromatic carbocycles. The van der Waals surface area contributed by atoms with Gasteiger partial charge in [0.15, 0.2) is 0 Å². The van der Waals surface area contributed by atoms with Crippen molar-refractivity contribution in [1.82, 2.24) is 40.6 Å². The van der Waals surface area contributed by atoms with Gasteiger partial charge in [-0.2, -0.15) is 0 Å². The number of nitrogens with zero attached hydrogens (tertiary/aromatic N) is 6. The molecular formula is C36H30N8O4. The predicted octanol–water partition coefficient (Wildman–Crippen LogP) is 5.04. The van der Waals surface area contributed by atoms with Gasteiger partial charge in [-0.3, -0.25) is 9.59 Å². The molecule has 0 aliphatic heterocycles. The number of aryl methyl sites for hydroxylation is 2. The predicted molar refractivity (Wildman–Crippen MR) is 179 cm³/mol. The monoisotopic (exact) mass is 638 g/mol. The first-order valence-corrected chi connectivity index (χ1v) is 15.2. The highest BCUT2D eigenvalue weighted by Crippen LogP contribution is 2.29. The minimum absolute atomic E-state index is 0.0339. The highest BCUT2D eigenvalue weighted by molar-refractivity contribution is 5.99. The number of benzene rings is 5. The molecule has 7 aromatic rings. The van der Waals surface area contributed by atoms with Crippen molar-refractivity contribution in [2.75, 3.05) is 0 Å². The normalized spacial score (nSPS) is 11.2. The fourth-order valence-electron chi connectivity index (χ4n) is 5.53. The number of amides is 2. The number of fused-ring (bicyclic) bond motifs is 2. The van der Waals surface area contributed by atoms with E-state index in [9.17, 15) is 19.8 Å². The zero-order valence-electron chi connectivity index (χ0n) is 26.0. The van der Waals surface area contributed by atoms with Crippen LogP contribution < -0.4 is 10.6 Å². The molecule has 4 N–H and O–H groups in total. The van der Waals surface area contributed by atoms with Crippen molar-refractivity contribution in [2.24, 2.45) is 0 Å². The number of rotatable bonds is 8. The van der Waals surface area contributed by atoms with Gasteiger partial charge in [0, 0.05) is 35.3 Å². The van der Waals surface area contributed by atoms with Crippen molar-refractivity contribution in [1.29, 1.82) is 0 Å². The molecule has 0 spiro atoms. The second kappa shape index (κ2) is 12.3. The van der Waals surface area contributed by atoms with Crippen LogP contribution in [0.5, 0.6) is 11.5 Å². The lowest BCUT2D eigenvalue weighted by Crippen LogP contribution is -2.25. The molecule has 2 heterocycles. The van der Waals surface area contributed by atoms with Crippen LogP contribution in [0.2, 0.25) is 0 Å². The van der Waals surface area contributed by atoms with Crippen molar-refractivity contribution in [3.63, 3.8) is 0 Å².